The summed E-state index contributed by atoms with van der Waals surface area (Å²) in [6, 6.07) is 0. The van der Waals surface area contributed by atoms with Crippen molar-refractivity contribution in [3.05, 3.63) is 23.8 Å². The Morgan fingerprint density at radius 1 is 1.54 bits per heavy atom. The highest BCUT2D eigenvalue weighted by Gasteiger charge is 2.13. The van der Waals surface area contributed by atoms with Gasteiger partial charge in [0.05, 0.1) is 7.11 Å². The second-order valence-electron chi connectivity index (χ2n) is 2.32. The van der Waals surface area contributed by atoms with Crippen molar-refractivity contribution in [1.29, 1.82) is 0 Å². The van der Waals surface area contributed by atoms with Crippen molar-refractivity contribution in [2.24, 2.45) is 5.16 Å². The van der Waals surface area contributed by atoms with E-state index in [-0.39, 0.29) is 5.71 Å². The molecule has 4 heteroatoms. The van der Waals surface area contributed by atoms with Gasteiger partial charge in [-0.15, -0.1) is 0 Å². The van der Waals surface area contributed by atoms with E-state index >= 15 is 0 Å². The number of hydrogen-bond donors (Lipinski definition) is 1. The fourth-order valence-corrected chi connectivity index (χ4v) is 0.697. The number of esters is 1. The number of rotatable bonds is 3. The lowest BCUT2D eigenvalue weighted by Crippen LogP contribution is -2.16. The van der Waals surface area contributed by atoms with Gasteiger partial charge >= 0.3 is 5.97 Å². The van der Waals surface area contributed by atoms with Crippen molar-refractivity contribution in [3.63, 3.8) is 0 Å². The molecule has 0 radical (unpaired) electrons. The predicted octanol–water partition coefficient (Wildman–Crippen LogP) is 1.51. The second-order valence-corrected chi connectivity index (χ2v) is 2.32. The predicted molar refractivity (Wildman–Crippen MR) is 49.8 cm³/mol. The average molecular weight is 183 g/mol. The molecule has 0 aromatic heterocycles. The largest absolute Gasteiger partial charge is 0.464 e. The summed E-state index contributed by atoms with van der Waals surface area (Å²) in [6.45, 7) is 3.50. The van der Waals surface area contributed by atoms with Crippen LogP contribution in [0, 0.1) is 0 Å². The Morgan fingerprint density at radius 3 is 2.54 bits per heavy atom. The van der Waals surface area contributed by atoms with Crippen LogP contribution >= 0.6 is 0 Å². The van der Waals surface area contributed by atoms with E-state index < -0.39 is 5.97 Å². The highest BCUT2D eigenvalue weighted by Crippen LogP contribution is 1.99. The van der Waals surface area contributed by atoms with Crippen LogP contribution in [0.5, 0.6) is 0 Å². The molecule has 0 saturated carbocycles. The molecule has 0 aromatic rings. The van der Waals surface area contributed by atoms with Gasteiger partial charge in [-0.2, -0.15) is 0 Å². The molecule has 0 saturated heterocycles. The zero-order chi connectivity index (χ0) is 10.3. The monoisotopic (exact) mass is 183 g/mol. The molecule has 4 nitrogen and oxygen atoms in total. The molecule has 0 fully saturated rings. The van der Waals surface area contributed by atoms with E-state index in [1.807, 2.05) is 6.92 Å². The van der Waals surface area contributed by atoms with Gasteiger partial charge in [0.25, 0.3) is 0 Å². The number of carbonyl (C=O) groups is 1. The van der Waals surface area contributed by atoms with E-state index in [0.29, 0.717) is 5.57 Å². The van der Waals surface area contributed by atoms with Crippen LogP contribution in [0.2, 0.25) is 0 Å². The first-order valence-electron chi connectivity index (χ1n) is 3.77. The Hall–Kier alpha value is -1.58. The minimum atomic E-state index is -0.652. The van der Waals surface area contributed by atoms with Gasteiger partial charge in [0, 0.05) is 0 Å². The molecule has 72 valence electrons. The topological polar surface area (TPSA) is 58.9 Å². The molecule has 0 heterocycles. The number of hydrogen-bond acceptors (Lipinski definition) is 4. The number of carbonyl (C=O) groups excluding carboxylic acids is 1. The van der Waals surface area contributed by atoms with E-state index in [9.17, 15) is 4.79 Å². The molecular formula is C9H13NO3. The van der Waals surface area contributed by atoms with Crippen LogP contribution in [0.25, 0.3) is 0 Å². The zero-order valence-electron chi connectivity index (χ0n) is 7.94. The number of ether oxygens (including phenoxy) is 1. The summed E-state index contributed by atoms with van der Waals surface area (Å²) in [5.41, 5.74) is 0.466. The zero-order valence-corrected chi connectivity index (χ0v) is 7.94. The van der Waals surface area contributed by atoms with Crippen molar-refractivity contribution in [1.82, 2.24) is 0 Å². The van der Waals surface area contributed by atoms with Gasteiger partial charge < -0.3 is 9.94 Å². The lowest BCUT2D eigenvalue weighted by molar-refractivity contribution is -0.132. The molecule has 0 unspecified atom stereocenters. The fraction of sp³-hybridized carbons (Fsp3) is 0.333. The SMILES string of the molecule is C\C=C/C=C(C)\C(=N\O)C(=O)OC. The summed E-state index contributed by atoms with van der Waals surface area (Å²) in [7, 11) is 1.23. The third-order valence-corrected chi connectivity index (χ3v) is 1.39. The molecule has 0 atom stereocenters. The summed E-state index contributed by atoms with van der Waals surface area (Å²) < 4.78 is 4.41. The second kappa shape index (κ2) is 5.99. The molecule has 13 heavy (non-hydrogen) atoms. The molecule has 0 aliphatic rings. The van der Waals surface area contributed by atoms with E-state index in [1.54, 1.807) is 25.2 Å². The summed E-state index contributed by atoms with van der Waals surface area (Å²) in [5, 5.41) is 11.4. The third kappa shape index (κ3) is 3.55. The van der Waals surface area contributed by atoms with Gasteiger partial charge in [0.2, 0.25) is 0 Å². The highest BCUT2D eigenvalue weighted by atomic mass is 16.5. The Balaban J connectivity index is 4.70. The van der Waals surface area contributed by atoms with Crippen molar-refractivity contribution >= 4 is 11.7 Å². The number of methoxy groups -OCH3 is 1. The molecule has 0 aromatic carbocycles. The van der Waals surface area contributed by atoms with E-state index in [1.165, 1.54) is 7.11 Å². The van der Waals surface area contributed by atoms with Gasteiger partial charge in [0.1, 0.15) is 0 Å². The smallest absolute Gasteiger partial charge is 0.360 e. The minimum absolute atomic E-state index is 0.0828. The van der Waals surface area contributed by atoms with Crippen LogP contribution in [0.1, 0.15) is 13.8 Å². The quantitative estimate of drug-likeness (QED) is 0.237. The van der Waals surface area contributed by atoms with Gasteiger partial charge in [-0.3, -0.25) is 0 Å². The lowest BCUT2D eigenvalue weighted by atomic mass is 10.1. The molecule has 0 amide bonds. The molecule has 0 rings (SSSR count). The number of oxime groups is 1. The van der Waals surface area contributed by atoms with Crippen LogP contribution < -0.4 is 0 Å². The van der Waals surface area contributed by atoms with Crippen LogP contribution in [0.15, 0.2) is 29.0 Å². The van der Waals surface area contributed by atoms with Crippen molar-refractivity contribution < 1.29 is 14.7 Å². The Morgan fingerprint density at radius 2 is 2.15 bits per heavy atom. The van der Waals surface area contributed by atoms with Gasteiger partial charge in [0.15, 0.2) is 5.71 Å². The van der Waals surface area contributed by atoms with Crippen LogP contribution in [0.4, 0.5) is 0 Å². The Kier molecular flexibility index (Phi) is 5.27. The van der Waals surface area contributed by atoms with Crippen LogP contribution in [-0.2, 0) is 9.53 Å². The first-order valence-corrected chi connectivity index (χ1v) is 3.77. The molecule has 0 aliphatic heterocycles. The standard InChI is InChI=1S/C9H13NO3/c1-4-5-6-7(2)8(10-12)9(11)13-3/h4-6,12H,1-3H3/b5-4-,7-6-,10-8-. The molecule has 1 N–H and O–H groups in total. The normalized spacial score (nSPS) is 13.5. The average Bonchev–Trinajstić information content (AvgIpc) is 2.15. The first-order chi connectivity index (χ1) is 6.17. The minimum Gasteiger partial charge on any atom is -0.464 e. The number of allylic oxidation sites excluding steroid dienone is 3. The summed E-state index contributed by atoms with van der Waals surface area (Å²) >= 11 is 0. The Labute approximate surface area is 77.2 Å². The van der Waals surface area contributed by atoms with Crippen molar-refractivity contribution in [3.8, 4) is 0 Å². The van der Waals surface area contributed by atoms with Crippen LogP contribution in [-0.4, -0.2) is 24.0 Å². The fourth-order valence-electron chi connectivity index (χ4n) is 0.697. The van der Waals surface area contributed by atoms with Gasteiger partial charge in [-0.1, -0.05) is 23.4 Å². The Bertz CT molecular complexity index is 264. The van der Waals surface area contributed by atoms with E-state index in [4.69, 9.17) is 5.21 Å². The van der Waals surface area contributed by atoms with E-state index in [0.717, 1.165) is 0 Å². The van der Waals surface area contributed by atoms with Crippen molar-refractivity contribution in [2.75, 3.05) is 7.11 Å². The number of nitrogens with zero attached hydrogens (tertiary/aromatic N) is 1. The van der Waals surface area contributed by atoms with Crippen molar-refractivity contribution in [2.45, 2.75) is 13.8 Å². The maximum Gasteiger partial charge on any atom is 0.360 e. The van der Waals surface area contributed by atoms with Crippen LogP contribution in [0.3, 0.4) is 0 Å². The lowest BCUT2D eigenvalue weighted by Gasteiger charge is -2.00. The molecule has 0 bridgehead atoms. The maximum absolute atomic E-state index is 11.0. The highest BCUT2D eigenvalue weighted by molar-refractivity contribution is 6.42. The molecule has 0 aliphatic carbocycles. The summed E-state index contributed by atoms with van der Waals surface area (Å²) in [4.78, 5) is 11.0. The summed E-state index contributed by atoms with van der Waals surface area (Å²) in [6.07, 6.45) is 5.20. The van der Waals surface area contributed by atoms with Gasteiger partial charge in [-0.05, 0) is 19.4 Å². The maximum atomic E-state index is 11.0. The van der Waals surface area contributed by atoms with E-state index in [2.05, 4.69) is 9.89 Å². The summed E-state index contributed by atoms with van der Waals surface area (Å²) in [5.74, 6) is -0.652. The van der Waals surface area contributed by atoms with Gasteiger partial charge in [-0.25, -0.2) is 4.79 Å². The third-order valence-electron chi connectivity index (χ3n) is 1.39. The molecular weight excluding hydrogens is 170 g/mol. The first kappa shape index (κ1) is 11.4. The molecule has 0 spiro atoms.